The number of ether oxygens (including phenoxy) is 1. The second kappa shape index (κ2) is 6.23. The van der Waals surface area contributed by atoms with Crippen molar-refractivity contribution in [2.45, 2.75) is 32.5 Å². The van der Waals surface area contributed by atoms with E-state index < -0.39 is 12.2 Å². The highest BCUT2D eigenvalue weighted by Crippen LogP contribution is 2.28. The minimum absolute atomic E-state index is 0.248. The highest BCUT2D eigenvalue weighted by Gasteiger charge is 2.11. The third kappa shape index (κ3) is 3.77. The van der Waals surface area contributed by atoms with Crippen LogP contribution in [-0.4, -0.2) is 22.9 Å². The van der Waals surface area contributed by atoms with Crippen LogP contribution >= 0.6 is 15.9 Å². The maximum Gasteiger partial charge on any atom is 0.125 e. The predicted molar refractivity (Wildman–Crippen MR) is 66.6 cm³/mol. The molecule has 0 saturated heterocycles. The first kappa shape index (κ1) is 13.5. The van der Waals surface area contributed by atoms with Crippen molar-refractivity contribution in [1.29, 1.82) is 0 Å². The molecule has 0 heterocycles. The molecule has 0 aliphatic rings. The van der Waals surface area contributed by atoms with Crippen molar-refractivity contribution < 1.29 is 14.9 Å². The van der Waals surface area contributed by atoms with Gasteiger partial charge in [-0.15, -0.1) is 0 Å². The molecule has 4 heteroatoms. The Bertz CT molecular complexity index is 339. The van der Waals surface area contributed by atoms with Gasteiger partial charge in [-0.1, -0.05) is 22.9 Å². The van der Waals surface area contributed by atoms with Crippen molar-refractivity contribution in [2.24, 2.45) is 0 Å². The molecule has 0 spiro atoms. The monoisotopic (exact) mass is 288 g/mol. The molecule has 0 aliphatic heterocycles. The van der Waals surface area contributed by atoms with Gasteiger partial charge in [0.15, 0.2) is 0 Å². The van der Waals surface area contributed by atoms with E-state index in [1.807, 2.05) is 19.1 Å². The van der Waals surface area contributed by atoms with Crippen LogP contribution in [0.5, 0.6) is 5.75 Å². The van der Waals surface area contributed by atoms with Crippen molar-refractivity contribution >= 4 is 15.9 Å². The maximum absolute atomic E-state index is 9.59. The van der Waals surface area contributed by atoms with Gasteiger partial charge >= 0.3 is 0 Å². The molecule has 0 bridgehead atoms. The molecule has 0 radical (unpaired) electrons. The molecule has 1 rings (SSSR count). The first-order valence-electron chi connectivity index (χ1n) is 5.33. The third-order valence-corrected chi connectivity index (χ3v) is 2.82. The standard InChI is InChI=1S/C12H17BrO3/c1-3-10(15)7-16-12-5-4-9(13)6-11(12)8(2)14/h4-6,8,10,14-15H,3,7H2,1-2H3. The molecule has 2 N–H and O–H groups in total. The Hall–Kier alpha value is -0.580. The van der Waals surface area contributed by atoms with E-state index >= 15 is 0 Å². The second-order valence-electron chi connectivity index (χ2n) is 3.73. The summed E-state index contributed by atoms with van der Waals surface area (Å²) in [6.07, 6.45) is -0.405. The summed E-state index contributed by atoms with van der Waals surface area (Å²) in [6, 6.07) is 5.45. The number of hydrogen-bond donors (Lipinski definition) is 2. The normalized spacial score (nSPS) is 14.6. The first-order valence-corrected chi connectivity index (χ1v) is 6.12. The Balaban J connectivity index is 2.78. The lowest BCUT2D eigenvalue weighted by atomic mass is 10.1. The van der Waals surface area contributed by atoms with Gasteiger partial charge in [0.25, 0.3) is 0 Å². The van der Waals surface area contributed by atoms with Crippen LogP contribution in [0.15, 0.2) is 22.7 Å². The number of hydrogen-bond acceptors (Lipinski definition) is 3. The largest absolute Gasteiger partial charge is 0.491 e. The summed E-state index contributed by atoms with van der Waals surface area (Å²) in [7, 11) is 0. The number of aliphatic hydroxyl groups excluding tert-OH is 2. The maximum atomic E-state index is 9.59. The molecule has 1 aromatic rings. The summed E-state index contributed by atoms with van der Waals surface area (Å²) in [5.41, 5.74) is 0.720. The zero-order valence-corrected chi connectivity index (χ0v) is 11.1. The zero-order chi connectivity index (χ0) is 12.1. The molecular formula is C12H17BrO3. The van der Waals surface area contributed by atoms with Crippen LogP contribution in [-0.2, 0) is 0 Å². The van der Waals surface area contributed by atoms with Gasteiger partial charge in [0, 0.05) is 10.0 Å². The molecular weight excluding hydrogens is 272 g/mol. The van der Waals surface area contributed by atoms with Crippen molar-refractivity contribution in [2.75, 3.05) is 6.61 Å². The predicted octanol–water partition coefficient (Wildman–Crippen LogP) is 2.65. The summed E-state index contributed by atoms with van der Waals surface area (Å²) in [6.45, 7) is 3.83. The average Bonchev–Trinajstić information content (AvgIpc) is 2.26. The number of benzene rings is 1. The van der Waals surface area contributed by atoms with Crippen LogP contribution in [0, 0.1) is 0 Å². The van der Waals surface area contributed by atoms with Gasteiger partial charge in [0.05, 0.1) is 12.2 Å². The number of aliphatic hydroxyl groups is 2. The molecule has 0 aliphatic carbocycles. The smallest absolute Gasteiger partial charge is 0.125 e. The van der Waals surface area contributed by atoms with Gasteiger partial charge in [0.2, 0.25) is 0 Å². The fourth-order valence-electron chi connectivity index (χ4n) is 1.28. The molecule has 2 unspecified atom stereocenters. The van der Waals surface area contributed by atoms with Crippen LogP contribution in [0.4, 0.5) is 0 Å². The van der Waals surface area contributed by atoms with Crippen molar-refractivity contribution in [3.63, 3.8) is 0 Å². The van der Waals surface area contributed by atoms with Crippen LogP contribution in [0.1, 0.15) is 31.9 Å². The minimum atomic E-state index is -0.591. The van der Waals surface area contributed by atoms with E-state index in [2.05, 4.69) is 15.9 Å². The quantitative estimate of drug-likeness (QED) is 0.876. The lowest BCUT2D eigenvalue weighted by Gasteiger charge is -2.15. The van der Waals surface area contributed by atoms with Gasteiger partial charge in [-0.05, 0) is 31.5 Å². The third-order valence-electron chi connectivity index (χ3n) is 2.32. The van der Waals surface area contributed by atoms with E-state index in [1.54, 1.807) is 13.0 Å². The molecule has 0 amide bonds. The van der Waals surface area contributed by atoms with Crippen LogP contribution in [0.3, 0.4) is 0 Å². The fraction of sp³-hybridized carbons (Fsp3) is 0.500. The SMILES string of the molecule is CCC(O)COc1ccc(Br)cc1C(C)O. The summed E-state index contributed by atoms with van der Waals surface area (Å²) < 4.78 is 6.37. The van der Waals surface area contributed by atoms with Crippen molar-refractivity contribution in [1.82, 2.24) is 0 Å². The number of halogens is 1. The van der Waals surface area contributed by atoms with Crippen LogP contribution in [0.25, 0.3) is 0 Å². The topological polar surface area (TPSA) is 49.7 Å². The van der Waals surface area contributed by atoms with Gasteiger partial charge in [0.1, 0.15) is 12.4 Å². The first-order chi connectivity index (χ1) is 7.54. The van der Waals surface area contributed by atoms with Gasteiger partial charge in [-0.2, -0.15) is 0 Å². The Morgan fingerprint density at radius 1 is 1.38 bits per heavy atom. The second-order valence-corrected chi connectivity index (χ2v) is 4.65. The van der Waals surface area contributed by atoms with E-state index in [0.717, 1.165) is 10.0 Å². The minimum Gasteiger partial charge on any atom is -0.491 e. The van der Waals surface area contributed by atoms with E-state index in [0.29, 0.717) is 12.2 Å². The summed E-state index contributed by atoms with van der Waals surface area (Å²) in [4.78, 5) is 0. The molecule has 0 aromatic heterocycles. The Morgan fingerprint density at radius 2 is 2.06 bits per heavy atom. The van der Waals surface area contributed by atoms with E-state index in [-0.39, 0.29) is 6.61 Å². The molecule has 16 heavy (non-hydrogen) atoms. The highest BCUT2D eigenvalue weighted by atomic mass is 79.9. The lowest BCUT2D eigenvalue weighted by Crippen LogP contribution is -2.16. The van der Waals surface area contributed by atoms with Gasteiger partial charge < -0.3 is 14.9 Å². The average molecular weight is 289 g/mol. The highest BCUT2D eigenvalue weighted by molar-refractivity contribution is 9.10. The molecule has 0 fully saturated rings. The van der Waals surface area contributed by atoms with Crippen LogP contribution in [0.2, 0.25) is 0 Å². The van der Waals surface area contributed by atoms with Crippen molar-refractivity contribution in [3.05, 3.63) is 28.2 Å². The Labute approximate surface area is 104 Å². The zero-order valence-electron chi connectivity index (χ0n) is 9.48. The van der Waals surface area contributed by atoms with E-state index in [1.165, 1.54) is 0 Å². The molecule has 2 atom stereocenters. The lowest BCUT2D eigenvalue weighted by molar-refractivity contribution is 0.101. The Kier molecular flexibility index (Phi) is 5.25. The van der Waals surface area contributed by atoms with E-state index in [9.17, 15) is 10.2 Å². The molecule has 3 nitrogen and oxygen atoms in total. The van der Waals surface area contributed by atoms with Gasteiger partial charge in [-0.3, -0.25) is 0 Å². The van der Waals surface area contributed by atoms with Crippen LogP contribution < -0.4 is 4.74 Å². The summed E-state index contributed by atoms with van der Waals surface area (Å²) in [5.74, 6) is 0.616. The summed E-state index contributed by atoms with van der Waals surface area (Å²) in [5, 5.41) is 19.0. The number of rotatable bonds is 5. The summed E-state index contributed by atoms with van der Waals surface area (Å²) >= 11 is 3.34. The molecule has 0 saturated carbocycles. The fourth-order valence-corrected chi connectivity index (χ4v) is 1.66. The molecule has 90 valence electrons. The van der Waals surface area contributed by atoms with Crippen molar-refractivity contribution in [3.8, 4) is 5.75 Å². The molecule has 1 aromatic carbocycles. The van der Waals surface area contributed by atoms with E-state index in [4.69, 9.17) is 4.74 Å². The van der Waals surface area contributed by atoms with Gasteiger partial charge in [-0.25, -0.2) is 0 Å². The Morgan fingerprint density at radius 3 is 2.62 bits per heavy atom.